The van der Waals surface area contributed by atoms with Crippen molar-refractivity contribution in [1.82, 2.24) is 4.98 Å². The molecule has 2 aliphatic rings. The van der Waals surface area contributed by atoms with Gasteiger partial charge >= 0.3 is 0 Å². The van der Waals surface area contributed by atoms with Gasteiger partial charge in [0.1, 0.15) is 22.6 Å². The molecule has 1 aromatic heterocycles. The lowest BCUT2D eigenvalue weighted by molar-refractivity contribution is -0.121. The zero-order chi connectivity index (χ0) is 12.8. The first kappa shape index (κ1) is 11.8. The molecule has 1 unspecified atom stereocenters. The lowest BCUT2D eigenvalue weighted by Crippen LogP contribution is -2.37. The lowest BCUT2D eigenvalue weighted by atomic mass is 9.71. The van der Waals surface area contributed by atoms with E-state index in [1.165, 1.54) is 5.56 Å². The largest absolute Gasteiger partial charge is 0.300 e. The van der Waals surface area contributed by atoms with Gasteiger partial charge in [0.25, 0.3) is 0 Å². The van der Waals surface area contributed by atoms with Crippen LogP contribution in [0.3, 0.4) is 0 Å². The number of aromatic nitrogens is 1. The van der Waals surface area contributed by atoms with E-state index < -0.39 is 11.0 Å². The molecule has 1 aliphatic carbocycles. The highest BCUT2D eigenvalue weighted by Gasteiger charge is 2.46. The van der Waals surface area contributed by atoms with E-state index in [-0.39, 0.29) is 5.41 Å². The molecule has 5 heteroatoms. The van der Waals surface area contributed by atoms with Crippen LogP contribution < -0.4 is 4.31 Å². The molecule has 2 heterocycles. The number of carbonyl (C=O) groups is 1. The Morgan fingerprint density at radius 2 is 2.11 bits per heavy atom. The SMILES string of the molecule is CS(=O)N1CC2(CCC(=O)CC2)c2cccnc21. The van der Waals surface area contributed by atoms with Gasteiger partial charge in [0.2, 0.25) is 0 Å². The molecule has 1 spiro atoms. The average Bonchev–Trinajstić information content (AvgIpc) is 2.69. The van der Waals surface area contributed by atoms with E-state index in [9.17, 15) is 9.00 Å². The van der Waals surface area contributed by atoms with Crippen molar-refractivity contribution in [3.8, 4) is 0 Å². The van der Waals surface area contributed by atoms with Crippen molar-refractivity contribution >= 4 is 22.6 Å². The maximum atomic E-state index is 11.8. The minimum atomic E-state index is -1.05. The zero-order valence-corrected chi connectivity index (χ0v) is 11.2. The minimum absolute atomic E-state index is 0.0107. The number of ketones is 1. The highest BCUT2D eigenvalue weighted by molar-refractivity contribution is 7.85. The summed E-state index contributed by atoms with van der Waals surface area (Å²) in [5.41, 5.74) is 1.16. The van der Waals surface area contributed by atoms with Gasteiger partial charge in [-0.1, -0.05) is 6.07 Å². The molecular formula is C13H16N2O2S. The second-order valence-corrected chi connectivity index (χ2v) is 6.44. The molecule has 0 radical (unpaired) electrons. The van der Waals surface area contributed by atoms with Gasteiger partial charge < -0.3 is 0 Å². The minimum Gasteiger partial charge on any atom is -0.300 e. The predicted octanol–water partition coefficient (Wildman–Crippen LogP) is 1.58. The fraction of sp³-hybridized carbons (Fsp3) is 0.538. The lowest BCUT2D eigenvalue weighted by Gasteiger charge is -2.33. The van der Waals surface area contributed by atoms with E-state index in [4.69, 9.17) is 0 Å². The molecular weight excluding hydrogens is 248 g/mol. The Bertz CT molecular complexity index is 519. The summed E-state index contributed by atoms with van der Waals surface area (Å²) in [4.78, 5) is 15.8. The zero-order valence-electron chi connectivity index (χ0n) is 10.4. The van der Waals surface area contributed by atoms with Crippen LogP contribution in [0.4, 0.5) is 5.82 Å². The van der Waals surface area contributed by atoms with Crippen LogP contribution in [0.15, 0.2) is 18.3 Å². The number of hydrogen-bond donors (Lipinski definition) is 0. The van der Waals surface area contributed by atoms with Gasteiger partial charge in [-0.05, 0) is 18.9 Å². The first-order chi connectivity index (χ1) is 8.62. The molecule has 4 nitrogen and oxygen atoms in total. The highest BCUT2D eigenvalue weighted by Crippen LogP contribution is 2.47. The summed E-state index contributed by atoms with van der Waals surface area (Å²) < 4.78 is 13.7. The third-order valence-electron chi connectivity index (χ3n) is 4.12. The van der Waals surface area contributed by atoms with Crippen molar-refractivity contribution in [3.05, 3.63) is 23.9 Å². The normalized spacial score (nSPS) is 23.2. The topological polar surface area (TPSA) is 50.3 Å². The Hall–Kier alpha value is -1.23. The summed E-state index contributed by atoms with van der Waals surface area (Å²) in [7, 11) is -1.05. The molecule has 3 rings (SSSR count). The summed E-state index contributed by atoms with van der Waals surface area (Å²) in [6.45, 7) is 0.732. The number of anilines is 1. The summed E-state index contributed by atoms with van der Waals surface area (Å²) in [6.07, 6.45) is 6.42. The third-order valence-corrected chi connectivity index (χ3v) is 5.04. The van der Waals surface area contributed by atoms with E-state index in [0.29, 0.717) is 18.6 Å². The summed E-state index contributed by atoms with van der Waals surface area (Å²) >= 11 is 0. The standard InChI is InChI=1S/C13H16N2O2S/c1-18(17)15-9-13(6-4-10(16)5-7-13)11-3-2-8-14-12(11)15/h2-3,8H,4-7,9H2,1H3. The van der Waals surface area contributed by atoms with Crippen molar-refractivity contribution in [1.29, 1.82) is 0 Å². The molecule has 18 heavy (non-hydrogen) atoms. The molecule has 1 fully saturated rings. The number of pyridine rings is 1. The van der Waals surface area contributed by atoms with Gasteiger partial charge in [-0.3, -0.25) is 9.10 Å². The quantitative estimate of drug-likeness (QED) is 0.773. The monoisotopic (exact) mass is 264 g/mol. The second-order valence-electron chi connectivity index (χ2n) is 5.15. The van der Waals surface area contributed by atoms with Crippen molar-refractivity contribution < 1.29 is 9.00 Å². The Balaban J connectivity index is 2.04. The van der Waals surface area contributed by atoms with Gasteiger partial charge in [-0.2, -0.15) is 0 Å². The number of rotatable bonds is 1. The first-order valence-electron chi connectivity index (χ1n) is 6.21. The van der Waals surface area contributed by atoms with Crippen molar-refractivity contribution in [2.75, 3.05) is 17.1 Å². The molecule has 0 bridgehead atoms. The maximum absolute atomic E-state index is 11.8. The molecule has 96 valence electrons. The van der Waals surface area contributed by atoms with Crippen LogP contribution in [-0.2, 0) is 21.2 Å². The number of carbonyl (C=O) groups excluding carboxylic acids is 1. The van der Waals surface area contributed by atoms with Gasteiger partial charge in [0, 0.05) is 42.8 Å². The number of nitrogens with zero attached hydrogens (tertiary/aromatic N) is 2. The Labute approximate surface area is 109 Å². The Morgan fingerprint density at radius 3 is 2.78 bits per heavy atom. The maximum Gasteiger partial charge on any atom is 0.144 e. The summed E-state index contributed by atoms with van der Waals surface area (Å²) in [6, 6.07) is 4.00. The fourth-order valence-electron chi connectivity index (χ4n) is 3.09. The van der Waals surface area contributed by atoms with Crippen LogP contribution in [0.5, 0.6) is 0 Å². The molecule has 1 saturated carbocycles. The molecule has 1 atom stereocenters. The number of hydrogen-bond acceptors (Lipinski definition) is 3. The molecule has 0 saturated heterocycles. The molecule has 0 amide bonds. The van der Waals surface area contributed by atoms with Gasteiger partial charge in [-0.15, -0.1) is 0 Å². The van der Waals surface area contributed by atoms with Crippen LogP contribution >= 0.6 is 0 Å². The summed E-state index contributed by atoms with van der Waals surface area (Å²) in [5, 5.41) is 0. The second kappa shape index (κ2) is 4.16. The molecule has 1 aromatic rings. The van der Waals surface area contributed by atoms with Gasteiger partial charge in [-0.25, -0.2) is 9.19 Å². The van der Waals surface area contributed by atoms with Crippen LogP contribution in [-0.4, -0.2) is 27.8 Å². The van der Waals surface area contributed by atoms with Crippen LogP contribution in [0, 0.1) is 0 Å². The van der Waals surface area contributed by atoms with Crippen LogP contribution in [0.2, 0.25) is 0 Å². The van der Waals surface area contributed by atoms with Crippen molar-refractivity contribution in [2.24, 2.45) is 0 Å². The van der Waals surface area contributed by atoms with Crippen LogP contribution in [0.1, 0.15) is 31.2 Å². The molecule has 0 N–H and O–H groups in total. The van der Waals surface area contributed by atoms with Gasteiger partial charge in [0.05, 0.1) is 0 Å². The smallest absolute Gasteiger partial charge is 0.144 e. The summed E-state index contributed by atoms with van der Waals surface area (Å²) in [5.74, 6) is 1.19. The highest BCUT2D eigenvalue weighted by atomic mass is 32.2. The molecule has 1 aliphatic heterocycles. The van der Waals surface area contributed by atoms with E-state index in [1.54, 1.807) is 12.5 Å². The Morgan fingerprint density at radius 1 is 1.39 bits per heavy atom. The number of fused-ring (bicyclic) bond motifs is 2. The van der Waals surface area contributed by atoms with E-state index in [0.717, 1.165) is 25.2 Å². The van der Waals surface area contributed by atoms with Crippen molar-refractivity contribution in [2.45, 2.75) is 31.1 Å². The van der Waals surface area contributed by atoms with Crippen molar-refractivity contribution in [3.63, 3.8) is 0 Å². The van der Waals surface area contributed by atoms with E-state index in [1.807, 2.05) is 10.4 Å². The predicted molar refractivity (Wildman–Crippen MR) is 70.8 cm³/mol. The Kier molecular flexibility index (Phi) is 2.73. The van der Waals surface area contributed by atoms with E-state index in [2.05, 4.69) is 11.1 Å². The first-order valence-corrected chi connectivity index (χ1v) is 7.72. The third kappa shape index (κ3) is 1.68. The van der Waals surface area contributed by atoms with E-state index >= 15 is 0 Å². The van der Waals surface area contributed by atoms with Gasteiger partial charge in [0.15, 0.2) is 0 Å². The average molecular weight is 264 g/mol. The van der Waals surface area contributed by atoms with Crippen LogP contribution in [0.25, 0.3) is 0 Å². The number of Topliss-reactive ketones (excluding diaryl/α,β-unsaturated/α-hetero) is 1. The molecule has 0 aromatic carbocycles. The fourth-order valence-corrected chi connectivity index (χ4v) is 3.91.